The minimum Gasteiger partial charge on any atom is -0.375 e. The minimum atomic E-state index is -0.00765. The second-order valence-corrected chi connectivity index (χ2v) is 4.72. The Morgan fingerprint density at radius 1 is 1.06 bits per heavy atom. The number of halogens is 1. The number of hydrogen-bond donors (Lipinski definition) is 0. The number of amides is 2. The fourth-order valence-electron chi connectivity index (χ4n) is 1.95. The Kier molecular flexibility index (Phi) is 7.05. The zero-order valence-corrected chi connectivity index (χ0v) is 11.6. The average molecular weight is 277 g/mol. The number of rotatable bonds is 6. The van der Waals surface area contributed by atoms with Gasteiger partial charge < -0.3 is 14.5 Å². The third-order valence-electron chi connectivity index (χ3n) is 3.03. The lowest BCUT2D eigenvalue weighted by Crippen LogP contribution is -2.51. The van der Waals surface area contributed by atoms with E-state index in [2.05, 4.69) is 0 Å². The van der Waals surface area contributed by atoms with Crippen LogP contribution in [0.4, 0.5) is 0 Å². The van der Waals surface area contributed by atoms with E-state index in [4.69, 9.17) is 16.3 Å². The molecule has 2 amide bonds. The number of ether oxygens (including phenoxy) is 1. The fraction of sp³-hybridized carbons (Fsp3) is 0.833. The van der Waals surface area contributed by atoms with Crippen molar-refractivity contribution in [2.45, 2.75) is 19.3 Å². The summed E-state index contributed by atoms with van der Waals surface area (Å²) in [6.45, 7) is 2.56. The van der Waals surface area contributed by atoms with Crippen LogP contribution in [-0.4, -0.2) is 67.4 Å². The molecule has 0 N–H and O–H groups in total. The molecule has 6 heteroatoms. The molecule has 0 aliphatic carbocycles. The molecule has 104 valence electrons. The van der Waals surface area contributed by atoms with Crippen LogP contribution in [0.15, 0.2) is 0 Å². The van der Waals surface area contributed by atoms with E-state index in [1.165, 1.54) is 7.11 Å². The normalized spacial score (nSPS) is 15.9. The summed E-state index contributed by atoms with van der Waals surface area (Å²) in [6.07, 6.45) is 2.27. The first kappa shape index (κ1) is 15.2. The highest BCUT2D eigenvalue weighted by molar-refractivity contribution is 6.17. The molecule has 1 aliphatic rings. The zero-order chi connectivity index (χ0) is 13.4. The third-order valence-corrected chi connectivity index (χ3v) is 3.29. The maximum Gasteiger partial charge on any atom is 0.248 e. The van der Waals surface area contributed by atoms with Gasteiger partial charge in [-0.3, -0.25) is 9.59 Å². The molecule has 1 fully saturated rings. The largest absolute Gasteiger partial charge is 0.375 e. The molecule has 5 nitrogen and oxygen atoms in total. The van der Waals surface area contributed by atoms with E-state index in [0.717, 1.165) is 12.8 Å². The molecule has 0 aromatic rings. The third kappa shape index (κ3) is 4.82. The first-order valence-corrected chi connectivity index (χ1v) is 6.83. The van der Waals surface area contributed by atoms with Crippen molar-refractivity contribution in [1.29, 1.82) is 0 Å². The fourth-order valence-corrected chi connectivity index (χ4v) is 2.14. The van der Waals surface area contributed by atoms with Crippen molar-refractivity contribution in [2.24, 2.45) is 0 Å². The van der Waals surface area contributed by atoms with Gasteiger partial charge in [-0.25, -0.2) is 0 Å². The Labute approximate surface area is 113 Å². The van der Waals surface area contributed by atoms with Crippen molar-refractivity contribution < 1.29 is 14.3 Å². The molecule has 1 saturated heterocycles. The van der Waals surface area contributed by atoms with Crippen LogP contribution in [0.2, 0.25) is 0 Å². The molecule has 1 aliphatic heterocycles. The first-order chi connectivity index (χ1) is 8.69. The highest BCUT2D eigenvalue weighted by Gasteiger charge is 2.23. The Balaban J connectivity index is 2.26. The molecule has 0 bridgehead atoms. The monoisotopic (exact) mass is 276 g/mol. The van der Waals surface area contributed by atoms with Crippen molar-refractivity contribution in [3.8, 4) is 0 Å². The van der Waals surface area contributed by atoms with Gasteiger partial charge in [0, 0.05) is 45.6 Å². The van der Waals surface area contributed by atoms with Gasteiger partial charge in [-0.1, -0.05) is 0 Å². The molecule has 0 unspecified atom stereocenters. The Hall–Kier alpha value is -0.810. The van der Waals surface area contributed by atoms with Gasteiger partial charge in [0.15, 0.2) is 0 Å². The molecule has 1 heterocycles. The van der Waals surface area contributed by atoms with Crippen LogP contribution in [0.1, 0.15) is 19.3 Å². The Bertz CT molecular complexity index is 278. The summed E-state index contributed by atoms with van der Waals surface area (Å²) in [5.74, 6) is 0.762. The Morgan fingerprint density at radius 2 is 1.61 bits per heavy atom. The van der Waals surface area contributed by atoms with Gasteiger partial charge in [-0.15, -0.1) is 11.6 Å². The second kappa shape index (κ2) is 8.32. The number of alkyl halides is 1. The van der Waals surface area contributed by atoms with Crippen LogP contribution < -0.4 is 0 Å². The molecule has 0 atom stereocenters. The molecular formula is C12H21ClN2O3. The van der Waals surface area contributed by atoms with E-state index < -0.39 is 0 Å². The lowest BCUT2D eigenvalue weighted by atomic mass is 10.2. The van der Waals surface area contributed by atoms with Gasteiger partial charge in [0.2, 0.25) is 11.8 Å². The highest BCUT2D eigenvalue weighted by atomic mass is 35.5. The van der Waals surface area contributed by atoms with E-state index in [-0.39, 0.29) is 18.4 Å². The van der Waals surface area contributed by atoms with Gasteiger partial charge in [-0.05, 0) is 12.8 Å². The SMILES string of the molecule is COCC(=O)N1CCN(C(=O)CCCCCl)CC1. The number of nitrogens with zero attached hydrogens (tertiary/aromatic N) is 2. The predicted octanol–water partition coefficient (Wildman–Crippen LogP) is 0.713. The summed E-state index contributed by atoms with van der Waals surface area (Å²) in [5, 5.41) is 0. The van der Waals surface area contributed by atoms with Gasteiger partial charge in [0.1, 0.15) is 6.61 Å². The first-order valence-electron chi connectivity index (χ1n) is 6.29. The lowest BCUT2D eigenvalue weighted by molar-refractivity contribution is -0.141. The van der Waals surface area contributed by atoms with Crippen LogP contribution in [0, 0.1) is 0 Å². The maximum atomic E-state index is 11.8. The van der Waals surface area contributed by atoms with Crippen molar-refractivity contribution in [3.05, 3.63) is 0 Å². The van der Waals surface area contributed by atoms with Crippen LogP contribution in [0.5, 0.6) is 0 Å². The number of unbranched alkanes of at least 4 members (excludes halogenated alkanes) is 1. The van der Waals surface area contributed by atoms with E-state index in [1.54, 1.807) is 4.90 Å². The topological polar surface area (TPSA) is 49.9 Å². The van der Waals surface area contributed by atoms with Crippen molar-refractivity contribution in [2.75, 3.05) is 45.8 Å². The van der Waals surface area contributed by atoms with Crippen LogP contribution in [0.25, 0.3) is 0 Å². The number of piperazine rings is 1. The smallest absolute Gasteiger partial charge is 0.248 e. The highest BCUT2D eigenvalue weighted by Crippen LogP contribution is 2.07. The minimum absolute atomic E-state index is 0.00765. The number of carbonyl (C=O) groups excluding carboxylic acids is 2. The van der Waals surface area contributed by atoms with Crippen molar-refractivity contribution in [3.63, 3.8) is 0 Å². The quantitative estimate of drug-likeness (QED) is 0.530. The number of carbonyl (C=O) groups is 2. The van der Waals surface area contributed by atoms with Gasteiger partial charge in [-0.2, -0.15) is 0 Å². The summed E-state index contributed by atoms with van der Waals surface area (Å²) < 4.78 is 4.81. The summed E-state index contributed by atoms with van der Waals surface area (Å²) in [4.78, 5) is 27.0. The van der Waals surface area contributed by atoms with E-state index in [9.17, 15) is 9.59 Å². The second-order valence-electron chi connectivity index (χ2n) is 4.34. The van der Waals surface area contributed by atoms with Crippen LogP contribution in [-0.2, 0) is 14.3 Å². The molecule has 0 aromatic carbocycles. The molecule has 0 saturated carbocycles. The van der Waals surface area contributed by atoms with E-state index in [1.807, 2.05) is 4.90 Å². The van der Waals surface area contributed by atoms with Crippen molar-refractivity contribution in [1.82, 2.24) is 9.80 Å². The molecule has 0 radical (unpaired) electrons. The molecule has 0 spiro atoms. The molecule has 0 aromatic heterocycles. The molecular weight excluding hydrogens is 256 g/mol. The summed E-state index contributed by atoms with van der Waals surface area (Å²) in [7, 11) is 1.51. The molecule has 1 rings (SSSR count). The standard InChI is InChI=1S/C12H21ClN2O3/c1-18-10-12(17)15-8-6-14(7-9-15)11(16)4-2-3-5-13/h2-10H2,1H3. The zero-order valence-electron chi connectivity index (χ0n) is 10.9. The van der Waals surface area contributed by atoms with Crippen LogP contribution in [0.3, 0.4) is 0 Å². The van der Waals surface area contributed by atoms with Gasteiger partial charge >= 0.3 is 0 Å². The lowest BCUT2D eigenvalue weighted by Gasteiger charge is -2.34. The van der Waals surface area contributed by atoms with E-state index in [0.29, 0.717) is 38.5 Å². The number of hydrogen-bond acceptors (Lipinski definition) is 3. The van der Waals surface area contributed by atoms with Gasteiger partial charge in [0.05, 0.1) is 0 Å². The predicted molar refractivity (Wildman–Crippen MR) is 69.6 cm³/mol. The summed E-state index contributed by atoms with van der Waals surface area (Å²) in [5.41, 5.74) is 0. The summed E-state index contributed by atoms with van der Waals surface area (Å²) in [6, 6.07) is 0. The maximum absolute atomic E-state index is 11.8. The van der Waals surface area contributed by atoms with Crippen LogP contribution >= 0.6 is 11.6 Å². The van der Waals surface area contributed by atoms with E-state index >= 15 is 0 Å². The summed E-state index contributed by atoms with van der Waals surface area (Å²) >= 11 is 5.57. The van der Waals surface area contributed by atoms with Gasteiger partial charge in [0.25, 0.3) is 0 Å². The van der Waals surface area contributed by atoms with Crippen molar-refractivity contribution >= 4 is 23.4 Å². The Morgan fingerprint density at radius 3 is 2.11 bits per heavy atom. The number of methoxy groups -OCH3 is 1. The average Bonchev–Trinajstić information content (AvgIpc) is 2.39. The molecule has 18 heavy (non-hydrogen) atoms.